The Morgan fingerprint density at radius 3 is 2.36 bits per heavy atom. The van der Waals surface area contributed by atoms with Crippen molar-refractivity contribution in [2.75, 3.05) is 14.2 Å². The van der Waals surface area contributed by atoms with Gasteiger partial charge in [0.25, 0.3) is 0 Å². The van der Waals surface area contributed by atoms with Crippen molar-refractivity contribution in [2.24, 2.45) is 0 Å². The number of hydrogen-bond donors (Lipinski definition) is 2. The predicted octanol–water partition coefficient (Wildman–Crippen LogP) is 3.01. The molecule has 0 heterocycles. The van der Waals surface area contributed by atoms with E-state index in [0.29, 0.717) is 0 Å². The molecule has 114 valence electrons. The summed E-state index contributed by atoms with van der Waals surface area (Å²) in [7, 11) is 2.70. The fraction of sp³-hybridized carbons (Fsp3) is 0.118. The molecule has 0 aliphatic heterocycles. The molecule has 0 aliphatic rings. The molecule has 0 saturated carbocycles. The van der Waals surface area contributed by atoms with Gasteiger partial charge in [-0.3, -0.25) is 4.79 Å². The molecule has 0 spiro atoms. The van der Waals surface area contributed by atoms with Gasteiger partial charge in [0.15, 0.2) is 17.3 Å². The third kappa shape index (κ3) is 3.03. The Morgan fingerprint density at radius 1 is 1.09 bits per heavy atom. The molecule has 0 saturated heterocycles. The topological polar surface area (TPSA) is 76.0 Å². The van der Waals surface area contributed by atoms with E-state index in [9.17, 15) is 15.0 Å². The van der Waals surface area contributed by atoms with Crippen LogP contribution in [0, 0.1) is 0 Å². The smallest absolute Gasteiger partial charge is 0.204 e. The molecule has 5 heteroatoms. The molecule has 0 unspecified atom stereocenters. The van der Waals surface area contributed by atoms with Gasteiger partial charge in [-0.05, 0) is 11.6 Å². The van der Waals surface area contributed by atoms with Gasteiger partial charge in [0, 0.05) is 6.07 Å². The molecular formula is C17H16O5. The summed E-state index contributed by atoms with van der Waals surface area (Å²) < 4.78 is 10.0. The Hall–Kier alpha value is -2.95. The lowest BCUT2D eigenvalue weighted by Crippen LogP contribution is -2.00. The fourth-order valence-corrected chi connectivity index (χ4v) is 2.02. The summed E-state index contributed by atoms with van der Waals surface area (Å²) in [5, 5.41) is 20.1. The molecule has 2 rings (SSSR count). The Balaban J connectivity index is 2.40. The van der Waals surface area contributed by atoms with Gasteiger partial charge in [0.05, 0.1) is 14.2 Å². The van der Waals surface area contributed by atoms with Crippen molar-refractivity contribution in [1.82, 2.24) is 0 Å². The molecule has 0 aromatic heterocycles. The number of carbonyl (C=O) groups is 1. The predicted molar refractivity (Wildman–Crippen MR) is 82.7 cm³/mol. The van der Waals surface area contributed by atoms with Crippen LogP contribution >= 0.6 is 0 Å². The van der Waals surface area contributed by atoms with Crippen LogP contribution in [0.2, 0.25) is 0 Å². The second kappa shape index (κ2) is 6.67. The molecular weight excluding hydrogens is 284 g/mol. The largest absolute Gasteiger partial charge is 0.507 e. The number of benzene rings is 2. The SMILES string of the molecule is COc1cc(O)c(C(=O)/C=C/c2ccccc2)c(O)c1OC. The second-order valence-corrected chi connectivity index (χ2v) is 4.46. The van der Waals surface area contributed by atoms with Gasteiger partial charge in [0.1, 0.15) is 11.3 Å². The van der Waals surface area contributed by atoms with E-state index in [1.54, 1.807) is 6.08 Å². The van der Waals surface area contributed by atoms with Crippen LogP contribution in [-0.4, -0.2) is 30.2 Å². The van der Waals surface area contributed by atoms with Gasteiger partial charge >= 0.3 is 0 Å². The minimum atomic E-state index is -0.542. The zero-order valence-electron chi connectivity index (χ0n) is 12.2. The van der Waals surface area contributed by atoms with Crippen LogP contribution < -0.4 is 9.47 Å². The highest BCUT2D eigenvalue weighted by Crippen LogP contribution is 2.44. The minimum Gasteiger partial charge on any atom is -0.507 e. The van der Waals surface area contributed by atoms with E-state index in [4.69, 9.17) is 9.47 Å². The lowest BCUT2D eigenvalue weighted by atomic mass is 10.1. The van der Waals surface area contributed by atoms with Crippen LogP contribution in [0.4, 0.5) is 0 Å². The molecule has 5 nitrogen and oxygen atoms in total. The van der Waals surface area contributed by atoms with Crippen LogP contribution in [0.15, 0.2) is 42.5 Å². The standard InChI is InChI=1S/C17H16O5/c1-21-14-10-13(19)15(16(20)17(14)22-2)12(18)9-8-11-6-4-3-5-7-11/h3-10,19-20H,1-2H3/b9-8+. The summed E-state index contributed by atoms with van der Waals surface area (Å²) >= 11 is 0. The zero-order chi connectivity index (χ0) is 16.1. The molecule has 0 atom stereocenters. The highest BCUT2D eigenvalue weighted by atomic mass is 16.5. The lowest BCUT2D eigenvalue weighted by molar-refractivity contribution is 0.104. The molecule has 2 N–H and O–H groups in total. The first-order valence-electron chi connectivity index (χ1n) is 6.52. The van der Waals surface area contributed by atoms with Crippen LogP contribution in [0.5, 0.6) is 23.0 Å². The third-order valence-corrected chi connectivity index (χ3v) is 3.10. The highest BCUT2D eigenvalue weighted by Gasteiger charge is 2.22. The summed E-state index contributed by atoms with van der Waals surface area (Å²) in [5.74, 6) is -1.24. The Morgan fingerprint density at radius 2 is 1.77 bits per heavy atom. The second-order valence-electron chi connectivity index (χ2n) is 4.46. The Bertz CT molecular complexity index is 705. The average molecular weight is 300 g/mol. The van der Waals surface area contributed by atoms with Crippen molar-refractivity contribution in [1.29, 1.82) is 0 Å². The van der Waals surface area contributed by atoms with Crippen molar-refractivity contribution < 1.29 is 24.5 Å². The minimum absolute atomic E-state index is 0.00300. The van der Waals surface area contributed by atoms with E-state index in [1.807, 2.05) is 30.3 Å². The fourth-order valence-electron chi connectivity index (χ4n) is 2.02. The number of methoxy groups -OCH3 is 2. The summed E-state index contributed by atoms with van der Waals surface area (Å²) in [6.45, 7) is 0. The van der Waals surface area contributed by atoms with Gasteiger partial charge in [-0.1, -0.05) is 36.4 Å². The summed E-state index contributed by atoms with van der Waals surface area (Å²) in [5.41, 5.74) is 0.597. The normalized spacial score (nSPS) is 10.6. The van der Waals surface area contributed by atoms with E-state index in [1.165, 1.54) is 26.4 Å². The summed E-state index contributed by atoms with van der Waals surface area (Å²) in [4.78, 5) is 12.2. The molecule has 22 heavy (non-hydrogen) atoms. The number of phenols is 2. The van der Waals surface area contributed by atoms with E-state index in [2.05, 4.69) is 0 Å². The maximum atomic E-state index is 12.2. The van der Waals surface area contributed by atoms with Gasteiger partial charge in [-0.15, -0.1) is 0 Å². The first-order chi connectivity index (χ1) is 10.6. The van der Waals surface area contributed by atoms with Crippen molar-refractivity contribution in [3.8, 4) is 23.0 Å². The first-order valence-corrected chi connectivity index (χ1v) is 6.52. The summed E-state index contributed by atoms with van der Waals surface area (Å²) in [6.07, 6.45) is 2.87. The third-order valence-electron chi connectivity index (χ3n) is 3.10. The maximum absolute atomic E-state index is 12.2. The van der Waals surface area contributed by atoms with E-state index in [-0.39, 0.29) is 22.8 Å². The van der Waals surface area contributed by atoms with Crippen LogP contribution in [0.3, 0.4) is 0 Å². The monoisotopic (exact) mass is 300 g/mol. The Labute approximate surface area is 128 Å². The number of phenolic OH excluding ortho intramolecular Hbond substituents is 2. The summed E-state index contributed by atoms with van der Waals surface area (Å²) in [6, 6.07) is 10.4. The van der Waals surface area contributed by atoms with E-state index >= 15 is 0 Å². The lowest BCUT2D eigenvalue weighted by Gasteiger charge is -2.13. The van der Waals surface area contributed by atoms with Gasteiger partial charge in [-0.25, -0.2) is 0 Å². The van der Waals surface area contributed by atoms with Crippen molar-refractivity contribution >= 4 is 11.9 Å². The van der Waals surface area contributed by atoms with Gasteiger partial charge in [0.2, 0.25) is 5.75 Å². The first kappa shape index (κ1) is 15.4. The molecule has 0 bridgehead atoms. The van der Waals surface area contributed by atoms with Crippen molar-refractivity contribution in [3.05, 3.63) is 53.6 Å². The number of hydrogen-bond acceptors (Lipinski definition) is 5. The zero-order valence-corrected chi connectivity index (χ0v) is 12.2. The number of ether oxygens (including phenoxy) is 2. The molecule has 0 fully saturated rings. The van der Waals surface area contributed by atoms with Crippen molar-refractivity contribution in [3.63, 3.8) is 0 Å². The van der Waals surface area contributed by atoms with E-state index < -0.39 is 11.5 Å². The molecule has 0 radical (unpaired) electrons. The van der Waals surface area contributed by atoms with Gasteiger partial charge < -0.3 is 19.7 Å². The number of allylic oxidation sites excluding steroid dienone is 1. The number of carbonyl (C=O) groups excluding carboxylic acids is 1. The van der Waals surface area contributed by atoms with Crippen LogP contribution in [0.25, 0.3) is 6.08 Å². The highest BCUT2D eigenvalue weighted by molar-refractivity contribution is 6.11. The van der Waals surface area contributed by atoms with Crippen LogP contribution in [-0.2, 0) is 0 Å². The average Bonchev–Trinajstić information content (AvgIpc) is 2.53. The van der Waals surface area contributed by atoms with E-state index in [0.717, 1.165) is 5.56 Å². The van der Waals surface area contributed by atoms with Crippen LogP contribution in [0.1, 0.15) is 15.9 Å². The molecule has 0 aliphatic carbocycles. The van der Waals surface area contributed by atoms with Gasteiger partial charge in [-0.2, -0.15) is 0 Å². The maximum Gasteiger partial charge on any atom is 0.204 e. The Kier molecular flexibility index (Phi) is 4.68. The quantitative estimate of drug-likeness (QED) is 0.655. The van der Waals surface area contributed by atoms with Crippen molar-refractivity contribution in [2.45, 2.75) is 0 Å². The number of aromatic hydroxyl groups is 2. The molecule has 2 aromatic rings. The number of ketones is 1. The molecule has 2 aromatic carbocycles. The molecule has 0 amide bonds. The number of rotatable bonds is 5.